The Labute approximate surface area is 204 Å². The van der Waals surface area contributed by atoms with E-state index in [1.54, 1.807) is 72.2 Å². The fourth-order valence-corrected chi connectivity index (χ4v) is 3.46. The molecular formula is C28H25N5O2. The predicted octanol–water partition coefficient (Wildman–Crippen LogP) is 4.55. The topological polar surface area (TPSA) is 101 Å². The lowest BCUT2D eigenvalue weighted by Gasteiger charge is -2.21. The van der Waals surface area contributed by atoms with Crippen molar-refractivity contribution in [3.63, 3.8) is 0 Å². The third-order valence-electron chi connectivity index (χ3n) is 5.30. The molecule has 0 radical (unpaired) electrons. The fourth-order valence-electron chi connectivity index (χ4n) is 3.46. The number of nitrogens with one attached hydrogen (secondary N) is 1. The number of aromatic nitrogens is 2. The van der Waals surface area contributed by atoms with Gasteiger partial charge in [0, 0.05) is 49.5 Å². The normalized spacial score (nSPS) is 10.7. The molecule has 2 aromatic carbocycles. The molecule has 0 aliphatic rings. The molecule has 0 aliphatic carbocycles. The predicted molar refractivity (Wildman–Crippen MR) is 137 cm³/mol. The van der Waals surface area contributed by atoms with E-state index >= 15 is 0 Å². The maximum absolute atomic E-state index is 13.1. The average molecular weight is 464 g/mol. The van der Waals surface area contributed by atoms with Gasteiger partial charge in [0.25, 0.3) is 5.91 Å². The molecule has 35 heavy (non-hydrogen) atoms. The molecule has 0 atom stereocenters. The van der Waals surface area contributed by atoms with Crippen molar-refractivity contribution in [1.29, 1.82) is 0 Å². The summed E-state index contributed by atoms with van der Waals surface area (Å²) in [6, 6.07) is 21.7. The van der Waals surface area contributed by atoms with Crippen molar-refractivity contribution in [3.05, 3.63) is 126 Å². The van der Waals surface area contributed by atoms with Crippen LogP contribution in [0.25, 0.3) is 6.08 Å². The van der Waals surface area contributed by atoms with E-state index < -0.39 is 0 Å². The zero-order valence-corrected chi connectivity index (χ0v) is 19.0. The Bertz CT molecular complexity index is 1260. The Balaban J connectivity index is 1.44. The van der Waals surface area contributed by atoms with Gasteiger partial charge in [0.15, 0.2) is 0 Å². The maximum atomic E-state index is 13.1. The Morgan fingerprint density at radius 3 is 2.03 bits per heavy atom. The van der Waals surface area contributed by atoms with Crippen molar-refractivity contribution in [2.24, 2.45) is 0 Å². The first kappa shape index (κ1) is 23.4. The highest BCUT2D eigenvalue weighted by molar-refractivity contribution is 6.05. The van der Waals surface area contributed by atoms with Crippen LogP contribution in [0.1, 0.15) is 27.0 Å². The molecule has 4 rings (SSSR count). The summed E-state index contributed by atoms with van der Waals surface area (Å²) in [5, 5.41) is 2.80. The first-order valence-electron chi connectivity index (χ1n) is 11.1. The molecule has 7 heteroatoms. The highest BCUT2D eigenvalue weighted by Gasteiger charge is 2.13. The highest BCUT2D eigenvalue weighted by Crippen LogP contribution is 2.18. The third kappa shape index (κ3) is 6.61. The lowest BCUT2D eigenvalue weighted by molar-refractivity contribution is -0.127. The van der Waals surface area contributed by atoms with E-state index in [0.29, 0.717) is 30.0 Å². The number of nitrogen functional groups attached to an aromatic ring is 1. The number of carbonyl (C=O) groups excluding carboxylic acids is 2. The number of benzene rings is 2. The van der Waals surface area contributed by atoms with Gasteiger partial charge in [-0.1, -0.05) is 36.4 Å². The van der Waals surface area contributed by atoms with Crippen molar-refractivity contribution in [1.82, 2.24) is 14.9 Å². The van der Waals surface area contributed by atoms with Crippen molar-refractivity contribution < 1.29 is 9.59 Å². The van der Waals surface area contributed by atoms with Crippen LogP contribution in [-0.2, 0) is 17.9 Å². The number of hydrogen-bond acceptors (Lipinski definition) is 5. The Morgan fingerprint density at radius 2 is 1.46 bits per heavy atom. The van der Waals surface area contributed by atoms with Crippen molar-refractivity contribution in [3.8, 4) is 0 Å². The van der Waals surface area contributed by atoms with Gasteiger partial charge in [-0.15, -0.1) is 0 Å². The molecule has 2 heterocycles. The van der Waals surface area contributed by atoms with E-state index in [0.717, 1.165) is 16.7 Å². The molecule has 0 unspecified atom stereocenters. The van der Waals surface area contributed by atoms with Crippen molar-refractivity contribution >= 4 is 29.3 Å². The Hall–Kier alpha value is -4.78. The smallest absolute Gasteiger partial charge is 0.255 e. The molecule has 0 aliphatic heterocycles. The molecule has 0 saturated carbocycles. The second-order valence-corrected chi connectivity index (χ2v) is 7.91. The zero-order chi connectivity index (χ0) is 24.5. The maximum Gasteiger partial charge on any atom is 0.255 e. The van der Waals surface area contributed by atoms with Crippen LogP contribution in [0.5, 0.6) is 0 Å². The van der Waals surface area contributed by atoms with Crippen LogP contribution in [0, 0.1) is 0 Å². The Morgan fingerprint density at radius 1 is 0.829 bits per heavy atom. The van der Waals surface area contributed by atoms with Gasteiger partial charge in [0.1, 0.15) is 0 Å². The van der Waals surface area contributed by atoms with Gasteiger partial charge in [0.2, 0.25) is 5.91 Å². The van der Waals surface area contributed by atoms with Gasteiger partial charge in [-0.25, -0.2) is 0 Å². The van der Waals surface area contributed by atoms with Gasteiger partial charge < -0.3 is 16.0 Å². The fraction of sp³-hybridized carbons (Fsp3) is 0.0714. The quantitative estimate of drug-likeness (QED) is 0.295. The van der Waals surface area contributed by atoms with E-state index in [4.69, 9.17) is 5.73 Å². The number of nitrogens with two attached hydrogens (primary N) is 1. The lowest BCUT2D eigenvalue weighted by atomic mass is 10.1. The standard InChI is InChI=1S/C28H25N5O2/c29-25-7-1-2-8-26(25)32-28(35)24-12-9-21(10-13-24)11-14-27(34)33(19-22-5-3-15-30-17-22)20-23-6-4-16-31-18-23/h1-18H,19-20,29H2,(H,32,35). The summed E-state index contributed by atoms with van der Waals surface area (Å²) in [5.74, 6) is -0.396. The second kappa shape index (κ2) is 11.4. The number of hydrogen-bond donors (Lipinski definition) is 2. The molecular weight excluding hydrogens is 438 g/mol. The van der Waals surface area contributed by atoms with Gasteiger partial charge in [0.05, 0.1) is 11.4 Å². The first-order chi connectivity index (χ1) is 17.1. The van der Waals surface area contributed by atoms with E-state index in [2.05, 4.69) is 15.3 Å². The van der Waals surface area contributed by atoms with E-state index in [-0.39, 0.29) is 11.8 Å². The van der Waals surface area contributed by atoms with Crippen molar-refractivity contribution in [2.45, 2.75) is 13.1 Å². The Kier molecular flexibility index (Phi) is 7.60. The average Bonchev–Trinajstić information content (AvgIpc) is 2.90. The van der Waals surface area contributed by atoms with Crippen LogP contribution in [0.15, 0.2) is 104 Å². The van der Waals surface area contributed by atoms with Crippen LogP contribution >= 0.6 is 0 Å². The number of para-hydroxylation sites is 2. The molecule has 0 saturated heterocycles. The van der Waals surface area contributed by atoms with Crippen LogP contribution in [-0.4, -0.2) is 26.7 Å². The number of nitrogens with zero attached hydrogens (tertiary/aromatic N) is 3. The monoisotopic (exact) mass is 463 g/mol. The zero-order valence-electron chi connectivity index (χ0n) is 19.0. The first-order valence-corrected chi connectivity index (χ1v) is 11.1. The molecule has 2 amide bonds. The van der Waals surface area contributed by atoms with E-state index in [9.17, 15) is 9.59 Å². The van der Waals surface area contributed by atoms with Crippen LogP contribution < -0.4 is 11.1 Å². The molecule has 0 bridgehead atoms. The molecule has 4 aromatic rings. The van der Waals surface area contributed by atoms with Gasteiger partial charge in [-0.3, -0.25) is 19.6 Å². The molecule has 7 nitrogen and oxygen atoms in total. The molecule has 174 valence electrons. The van der Waals surface area contributed by atoms with Gasteiger partial charge in [-0.2, -0.15) is 0 Å². The van der Waals surface area contributed by atoms with Crippen LogP contribution in [0.2, 0.25) is 0 Å². The number of anilines is 2. The van der Waals surface area contributed by atoms with Gasteiger partial charge >= 0.3 is 0 Å². The molecule has 0 fully saturated rings. The summed E-state index contributed by atoms with van der Waals surface area (Å²) >= 11 is 0. The van der Waals surface area contributed by atoms with E-state index in [1.165, 1.54) is 6.08 Å². The summed E-state index contributed by atoms with van der Waals surface area (Å²) in [6.07, 6.45) is 10.2. The van der Waals surface area contributed by atoms with Gasteiger partial charge in [-0.05, 0) is 59.2 Å². The third-order valence-corrected chi connectivity index (χ3v) is 5.30. The minimum Gasteiger partial charge on any atom is -0.397 e. The van der Waals surface area contributed by atoms with Crippen molar-refractivity contribution in [2.75, 3.05) is 11.1 Å². The minimum absolute atomic E-state index is 0.140. The summed E-state index contributed by atoms with van der Waals surface area (Å²) < 4.78 is 0. The summed E-state index contributed by atoms with van der Waals surface area (Å²) in [4.78, 5) is 35.6. The number of rotatable bonds is 8. The molecule has 3 N–H and O–H groups in total. The SMILES string of the molecule is Nc1ccccc1NC(=O)c1ccc(C=CC(=O)N(Cc2cccnc2)Cc2cccnc2)cc1. The summed E-state index contributed by atoms with van der Waals surface area (Å²) in [5.41, 5.74) is 10.1. The second-order valence-electron chi connectivity index (χ2n) is 7.91. The van der Waals surface area contributed by atoms with Crippen LogP contribution in [0.4, 0.5) is 11.4 Å². The minimum atomic E-state index is -0.256. The summed E-state index contributed by atoms with van der Waals surface area (Å²) in [7, 11) is 0. The highest BCUT2D eigenvalue weighted by atomic mass is 16.2. The largest absolute Gasteiger partial charge is 0.397 e. The van der Waals surface area contributed by atoms with Crippen LogP contribution in [0.3, 0.4) is 0 Å². The number of pyridine rings is 2. The molecule has 0 spiro atoms. The lowest BCUT2D eigenvalue weighted by Crippen LogP contribution is -2.28. The van der Waals surface area contributed by atoms with E-state index in [1.807, 2.05) is 36.4 Å². The number of amides is 2. The number of carbonyl (C=O) groups is 2. The molecule has 2 aromatic heterocycles. The summed E-state index contributed by atoms with van der Waals surface area (Å²) in [6.45, 7) is 0.848.